The Balaban J connectivity index is 2.62. The number of rotatable bonds is 6. The summed E-state index contributed by atoms with van der Waals surface area (Å²) in [6.45, 7) is 5.70. The van der Waals surface area contributed by atoms with Crippen LogP contribution < -0.4 is 0 Å². The van der Waals surface area contributed by atoms with Crippen LogP contribution >= 0.6 is 0 Å². The van der Waals surface area contributed by atoms with Crippen LogP contribution in [0.4, 0.5) is 0 Å². The van der Waals surface area contributed by atoms with Gasteiger partial charge in [-0.3, -0.25) is 0 Å². The molecule has 0 aliphatic carbocycles. The predicted molar refractivity (Wildman–Crippen MR) is 73.9 cm³/mol. The molecule has 5 heteroatoms. The van der Waals surface area contributed by atoms with Gasteiger partial charge in [-0.15, -0.1) is 0 Å². The maximum Gasteiger partial charge on any atom is 0.211 e. The molecule has 0 aromatic carbocycles. The molecule has 0 aromatic rings. The zero-order valence-electron chi connectivity index (χ0n) is 11.9. The Labute approximate surface area is 111 Å². The first kappa shape index (κ1) is 15.9. The van der Waals surface area contributed by atoms with Crippen molar-refractivity contribution in [2.24, 2.45) is 11.3 Å². The minimum atomic E-state index is -3.06. The molecule has 0 amide bonds. The van der Waals surface area contributed by atoms with Crippen LogP contribution in [0.3, 0.4) is 0 Å². The molecule has 4 nitrogen and oxygen atoms in total. The van der Waals surface area contributed by atoms with E-state index in [0.29, 0.717) is 19.0 Å². The zero-order chi connectivity index (χ0) is 13.8. The summed E-state index contributed by atoms with van der Waals surface area (Å²) < 4.78 is 24.7. The molecule has 0 saturated carbocycles. The number of piperidine rings is 1. The van der Waals surface area contributed by atoms with Crippen molar-refractivity contribution in [3.63, 3.8) is 0 Å². The van der Waals surface area contributed by atoms with Crippen molar-refractivity contribution in [2.75, 3.05) is 26.0 Å². The number of aliphatic hydroxyl groups excluding tert-OH is 1. The van der Waals surface area contributed by atoms with Crippen molar-refractivity contribution in [3.8, 4) is 0 Å². The second-order valence-electron chi connectivity index (χ2n) is 6.05. The molecule has 2 unspecified atom stereocenters. The molecular formula is C13H27NO3S. The molecule has 1 aliphatic rings. The maximum atomic E-state index is 11.6. The summed E-state index contributed by atoms with van der Waals surface area (Å²) in [4.78, 5) is 0. The van der Waals surface area contributed by atoms with Gasteiger partial charge in [0.2, 0.25) is 10.0 Å². The van der Waals surface area contributed by atoms with Crippen molar-refractivity contribution >= 4 is 10.0 Å². The largest absolute Gasteiger partial charge is 0.396 e. The minimum Gasteiger partial charge on any atom is -0.396 e. The molecule has 108 valence electrons. The lowest BCUT2D eigenvalue weighted by atomic mass is 9.76. The van der Waals surface area contributed by atoms with E-state index in [1.165, 1.54) is 6.26 Å². The van der Waals surface area contributed by atoms with Gasteiger partial charge in [-0.1, -0.05) is 20.3 Å². The molecular weight excluding hydrogens is 250 g/mol. The molecule has 1 fully saturated rings. The smallest absolute Gasteiger partial charge is 0.211 e. The average Bonchev–Trinajstić information content (AvgIpc) is 2.28. The summed E-state index contributed by atoms with van der Waals surface area (Å²) >= 11 is 0. The third kappa shape index (κ3) is 4.52. The number of hydrogen-bond acceptors (Lipinski definition) is 3. The molecule has 0 radical (unpaired) electrons. The molecule has 1 saturated heterocycles. The van der Waals surface area contributed by atoms with Crippen molar-refractivity contribution in [1.29, 1.82) is 0 Å². The van der Waals surface area contributed by atoms with E-state index in [1.54, 1.807) is 4.31 Å². The average molecular weight is 277 g/mol. The first-order valence-corrected chi connectivity index (χ1v) is 8.71. The molecule has 0 bridgehead atoms. The molecule has 1 N–H and O–H groups in total. The van der Waals surface area contributed by atoms with Crippen LogP contribution in [0.15, 0.2) is 0 Å². The van der Waals surface area contributed by atoms with E-state index in [1.807, 2.05) is 0 Å². The van der Waals surface area contributed by atoms with Crippen LogP contribution in [0, 0.1) is 11.3 Å². The van der Waals surface area contributed by atoms with E-state index >= 15 is 0 Å². The predicted octanol–water partition coefficient (Wildman–Crippen LogP) is 1.85. The van der Waals surface area contributed by atoms with Crippen molar-refractivity contribution in [3.05, 3.63) is 0 Å². The highest BCUT2D eigenvalue weighted by molar-refractivity contribution is 7.88. The first-order chi connectivity index (χ1) is 8.30. The Morgan fingerprint density at radius 3 is 2.61 bits per heavy atom. The number of aliphatic hydroxyl groups is 1. The Morgan fingerprint density at radius 2 is 2.11 bits per heavy atom. The summed E-state index contributed by atoms with van der Waals surface area (Å²) in [5.41, 5.74) is -0.0556. The van der Waals surface area contributed by atoms with Crippen LogP contribution in [0.25, 0.3) is 0 Å². The van der Waals surface area contributed by atoms with Crippen LogP contribution in [-0.4, -0.2) is 43.8 Å². The standard InChI is InChI=1S/C13H27NO3S/c1-4-7-13(2,11-15)9-12-6-5-8-14(10-12)18(3,16)17/h12,15H,4-11H2,1-3H3. The van der Waals surface area contributed by atoms with Crippen LogP contribution in [0.2, 0.25) is 0 Å². The number of nitrogens with zero attached hydrogens (tertiary/aromatic N) is 1. The Kier molecular flexibility index (Phi) is 5.62. The lowest BCUT2D eigenvalue weighted by Gasteiger charge is -2.36. The normalized spacial score (nSPS) is 25.9. The summed E-state index contributed by atoms with van der Waals surface area (Å²) in [6, 6.07) is 0. The van der Waals surface area contributed by atoms with Gasteiger partial charge in [0.25, 0.3) is 0 Å². The second kappa shape index (κ2) is 6.35. The van der Waals surface area contributed by atoms with Gasteiger partial charge in [0.1, 0.15) is 0 Å². The highest BCUT2D eigenvalue weighted by atomic mass is 32.2. The summed E-state index contributed by atoms with van der Waals surface area (Å²) in [7, 11) is -3.06. The molecule has 1 heterocycles. The van der Waals surface area contributed by atoms with E-state index in [2.05, 4.69) is 13.8 Å². The van der Waals surface area contributed by atoms with E-state index in [9.17, 15) is 13.5 Å². The highest BCUT2D eigenvalue weighted by Gasteiger charge is 2.31. The van der Waals surface area contributed by atoms with Gasteiger partial charge in [0.15, 0.2) is 0 Å². The summed E-state index contributed by atoms with van der Waals surface area (Å²) in [6.07, 6.45) is 6.27. The Hall–Kier alpha value is -0.130. The van der Waals surface area contributed by atoms with Crippen molar-refractivity contribution in [1.82, 2.24) is 4.31 Å². The summed E-state index contributed by atoms with van der Waals surface area (Å²) in [5.74, 6) is 0.386. The van der Waals surface area contributed by atoms with Gasteiger partial charge in [-0.05, 0) is 37.0 Å². The Bertz CT molecular complexity index is 355. The van der Waals surface area contributed by atoms with Gasteiger partial charge in [0, 0.05) is 19.7 Å². The molecule has 18 heavy (non-hydrogen) atoms. The van der Waals surface area contributed by atoms with Crippen LogP contribution in [0.1, 0.15) is 46.0 Å². The molecule has 1 aliphatic heterocycles. The van der Waals surface area contributed by atoms with Gasteiger partial charge in [-0.2, -0.15) is 0 Å². The second-order valence-corrected chi connectivity index (χ2v) is 8.03. The van der Waals surface area contributed by atoms with Crippen LogP contribution in [0.5, 0.6) is 0 Å². The van der Waals surface area contributed by atoms with Gasteiger partial charge in [-0.25, -0.2) is 12.7 Å². The van der Waals surface area contributed by atoms with Gasteiger partial charge < -0.3 is 5.11 Å². The van der Waals surface area contributed by atoms with Crippen molar-refractivity contribution in [2.45, 2.75) is 46.0 Å². The topological polar surface area (TPSA) is 57.6 Å². The number of hydrogen-bond donors (Lipinski definition) is 1. The molecule has 0 aromatic heterocycles. The molecule has 2 atom stereocenters. The minimum absolute atomic E-state index is 0.0556. The summed E-state index contributed by atoms with van der Waals surface area (Å²) in [5, 5.41) is 9.54. The third-order valence-electron chi connectivity index (χ3n) is 3.97. The molecule has 1 rings (SSSR count). The van der Waals surface area contributed by atoms with Gasteiger partial charge in [0.05, 0.1) is 6.26 Å². The fourth-order valence-electron chi connectivity index (χ4n) is 3.04. The fraction of sp³-hybridized carbons (Fsp3) is 1.00. The highest BCUT2D eigenvalue weighted by Crippen LogP contribution is 2.34. The monoisotopic (exact) mass is 277 g/mol. The quantitative estimate of drug-likeness (QED) is 0.806. The van der Waals surface area contributed by atoms with E-state index in [-0.39, 0.29) is 12.0 Å². The fourth-order valence-corrected chi connectivity index (χ4v) is 3.98. The lowest BCUT2D eigenvalue weighted by molar-refractivity contribution is 0.0879. The Morgan fingerprint density at radius 1 is 1.44 bits per heavy atom. The van der Waals surface area contributed by atoms with Crippen molar-refractivity contribution < 1.29 is 13.5 Å². The molecule has 0 spiro atoms. The first-order valence-electron chi connectivity index (χ1n) is 6.87. The number of sulfonamides is 1. The van der Waals surface area contributed by atoms with Gasteiger partial charge >= 0.3 is 0 Å². The SMILES string of the molecule is CCCC(C)(CO)CC1CCCN(S(C)(=O)=O)C1. The third-order valence-corrected chi connectivity index (χ3v) is 5.24. The lowest BCUT2D eigenvalue weighted by Crippen LogP contribution is -2.41. The van der Waals surface area contributed by atoms with E-state index in [4.69, 9.17) is 0 Å². The zero-order valence-corrected chi connectivity index (χ0v) is 12.7. The van der Waals surface area contributed by atoms with E-state index < -0.39 is 10.0 Å². The van der Waals surface area contributed by atoms with Crippen LogP contribution in [-0.2, 0) is 10.0 Å². The maximum absolute atomic E-state index is 11.6. The van der Waals surface area contributed by atoms with E-state index in [0.717, 1.165) is 32.1 Å².